The smallest absolute Gasteiger partial charge is 0.270 e. The van der Waals surface area contributed by atoms with Crippen LogP contribution >= 0.6 is 11.6 Å². The molecule has 1 aromatic carbocycles. The molecule has 2 rings (SSSR count). The lowest BCUT2D eigenvalue weighted by atomic mass is 10.2. The Balaban J connectivity index is 1.96. The number of hydrogen-bond donors (Lipinski definition) is 1. The van der Waals surface area contributed by atoms with Gasteiger partial charge in [-0.3, -0.25) is 9.63 Å². The third-order valence-electron chi connectivity index (χ3n) is 2.79. The van der Waals surface area contributed by atoms with Crippen molar-refractivity contribution in [2.75, 3.05) is 0 Å². The van der Waals surface area contributed by atoms with Crippen LogP contribution in [0.25, 0.3) is 0 Å². The average molecular weight is 258 g/mol. The molecule has 1 aliphatic carbocycles. The van der Waals surface area contributed by atoms with Gasteiger partial charge in [0.15, 0.2) is 0 Å². The van der Waals surface area contributed by atoms with Crippen LogP contribution in [0.2, 0.25) is 5.02 Å². The fourth-order valence-electron chi connectivity index (χ4n) is 1.87. The van der Waals surface area contributed by atoms with E-state index in [9.17, 15) is 9.18 Å². The SMILES string of the molecule is O=C(NOC1CCCC1)c1cc(Cl)ccc1F. The minimum Gasteiger partial charge on any atom is -0.270 e. The van der Waals surface area contributed by atoms with Crippen LogP contribution in [0, 0.1) is 5.82 Å². The Morgan fingerprint density at radius 1 is 1.41 bits per heavy atom. The molecule has 92 valence electrons. The van der Waals surface area contributed by atoms with Gasteiger partial charge in [-0.1, -0.05) is 24.4 Å². The van der Waals surface area contributed by atoms with E-state index in [-0.39, 0.29) is 11.7 Å². The molecule has 0 aromatic heterocycles. The molecule has 0 heterocycles. The molecule has 1 N–H and O–H groups in total. The third kappa shape index (κ3) is 3.17. The quantitative estimate of drug-likeness (QED) is 0.845. The molecule has 0 aliphatic heterocycles. The Hall–Kier alpha value is -1.13. The maximum absolute atomic E-state index is 13.3. The van der Waals surface area contributed by atoms with Crippen molar-refractivity contribution in [3.8, 4) is 0 Å². The van der Waals surface area contributed by atoms with Crippen molar-refractivity contribution in [2.24, 2.45) is 0 Å². The molecule has 0 spiro atoms. The number of carbonyl (C=O) groups is 1. The van der Waals surface area contributed by atoms with Gasteiger partial charge in [-0.25, -0.2) is 9.87 Å². The number of benzene rings is 1. The monoisotopic (exact) mass is 257 g/mol. The zero-order valence-electron chi connectivity index (χ0n) is 9.21. The lowest BCUT2D eigenvalue weighted by Crippen LogP contribution is -2.29. The second-order valence-electron chi connectivity index (χ2n) is 4.08. The lowest BCUT2D eigenvalue weighted by Gasteiger charge is -2.11. The molecule has 1 amide bonds. The van der Waals surface area contributed by atoms with Crippen LogP contribution in [0.3, 0.4) is 0 Å². The van der Waals surface area contributed by atoms with Crippen LogP contribution in [-0.2, 0) is 4.84 Å². The largest absolute Gasteiger partial charge is 0.277 e. The summed E-state index contributed by atoms with van der Waals surface area (Å²) < 4.78 is 13.3. The van der Waals surface area contributed by atoms with E-state index < -0.39 is 11.7 Å². The summed E-state index contributed by atoms with van der Waals surface area (Å²) in [5, 5.41) is 0.317. The van der Waals surface area contributed by atoms with E-state index in [0.717, 1.165) is 31.7 Å². The van der Waals surface area contributed by atoms with Gasteiger partial charge in [-0.05, 0) is 31.0 Å². The van der Waals surface area contributed by atoms with Crippen molar-refractivity contribution >= 4 is 17.5 Å². The number of hydrogen-bond acceptors (Lipinski definition) is 2. The van der Waals surface area contributed by atoms with Crippen molar-refractivity contribution < 1.29 is 14.0 Å². The molecular formula is C12H13ClFNO2. The van der Waals surface area contributed by atoms with E-state index in [0.29, 0.717) is 5.02 Å². The van der Waals surface area contributed by atoms with E-state index in [1.165, 1.54) is 12.1 Å². The number of carbonyl (C=O) groups excluding carboxylic acids is 1. The summed E-state index contributed by atoms with van der Waals surface area (Å²) in [5.41, 5.74) is 2.17. The number of rotatable bonds is 3. The lowest BCUT2D eigenvalue weighted by molar-refractivity contribution is -0.0127. The molecule has 0 atom stereocenters. The Kier molecular flexibility index (Phi) is 3.97. The predicted molar refractivity (Wildman–Crippen MR) is 62.2 cm³/mol. The predicted octanol–water partition coefficient (Wildman–Crippen LogP) is 3.08. The fraction of sp³-hybridized carbons (Fsp3) is 0.417. The first kappa shape index (κ1) is 12.3. The summed E-state index contributed by atoms with van der Waals surface area (Å²) in [5.74, 6) is -1.21. The van der Waals surface area contributed by atoms with Crippen molar-refractivity contribution in [3.05, 3.63) is 34.6 Å². The highest BCUT2D eigenvalue weighted by atomic mass is 35.5. The van der Waals surface area contributed by atoms with E-state index >= 15 is 0 Å². The van der Waals surface area contributed by atoms with Crippen molar-refractivity contribution in [2.45, 2.75) is 31.8 Å². The van der Waals surface area contributed by atoms with Gasteiger partial charge in [0.25, 0.3) is 5.91 Å². The fourth-order valence-corrected chi connectivity index (χ4v) is 2.04. The Labute approximate surface area is 104 Å². The van der Waals surface area contributed by atoms with Gasteiger partial charge in [-0.2, -0.15) is 0 Å². The standard InChI is InChI=1S/C12H13ClFNO2/c13-8-5-6-11(14)10(7-8)12(16)15-17-9-3-1-2-4-9/h5-7,9H,1-4H2,(H,15,16). The van der Waals surface area contributed by atoms with E-state index in [4.69, 9.17) is 16.4 Å². The number of halogens is 2. The van der Waals surface area contributed by atoms with Crippen LogP contribution in [0.5, 0.6) is 0 Å². The van der Waals surface area contributed by atoms with Crippen LogP contribution < -0.4 is 5.48 Å². The van der Waals surface area contributed by atoms with Gasteiger partial charge in [0.05, 0.1) is 11.7 Å². The molecule has 0 radical (unpaired) electrons. The summed E-state index contributed by atoms with van der Waals surface area (Å²) in [6.45, 7) is 0. The molecule has 0 unspecified atom stereocenters. The molecule has 1 aromatic rings. The molecule has 17 heavy (non-hydrogen) atoms. The molecule has 1 saturated carbocycles. The zero-order chi connectivity index (χ0) is 12.3. The number of nitrogens with one attached hydrogen (secondary N) is 1. The maximum Gasteiger partial charge on any atom is 0.277 e. The third-order valence-corrected chi connectivity index (χ3v) is 3.03. The minimum atomic E-state index is -0.609. The van der Waals surface area contributed by atoms with Crippen LogP contribution in [0.15, 0.2) is 18.2 Å². The van der Waals surface area contributed by atoms with Crippen molar-refractivity contribution in [3.63, 3.8) is 0 Å². The van der Waals surface area contributed by atoms with Gasteiger partial charge in [0, 0.05) is 5.02 Å². The molecule has 1 aliphatic rings. The van der Waals surface area contributed by atoms with Gasteiger partial charge >= 0.3 is 0 Å². The summed E-state index contributed by atoms with van der Waals surface area (Å²) in [7, 11) is 0. The van der Waals surface area contributed by atoms with Crippen LogP contribution in [0.1, 0.15) is 36.0 Å². The topological polar surface area (TPSA) is 38.3 Å². The Morgan fingerprint density at radius 2 is 2.12 bits per heavy atom. The van der Waals surface area contributed by atoms with Gasteiger partial charge < -0.3 is 0 Å². The first-order valence-corrected chi connectivity index (χ1v) is 5.95. The maximum atomic E-state index is 13.3. The molecular weight excluding hydrogens is 245 g/mol. The number of amides is 1. The second-order valence-corrected chi connectivity index (χ2v) is 4.52. The molecule has 0 bridgehead atoms. The zero-order valence-corrected chi connectivity index (χ0v) is 9.97. The van der Waals surface area contributed by atoms with Gasteiger partial charge in [0.2, 0.25) is 0 Å². The highest BCUT2D eigenvalue weighted by Gasteiger charge is 2.18. The van der Waals surface area contributed by atoms with Crippen LogP contribution in [-0.4, -0.2) is 12.0 Å². The summed E-state index contributed by atoms with van der Waals surface area (Å²) in [6.07, 6.45) is 4.11. The van der Waals surface area contributed by atoms with Crippen LogP contribution in [0.4, 0.5) is 4.39 Å². The van der Waals surface area contributed by atoms with Crippen molar-refractivity contribution in [1.29, 1.82) is 0 Å². The van der Waals surface area contributed by atoms with E-state index in [1.807, 2.05) is 0 Å². The highest BCUT2D eigenvalue weighted by molar-refractivity contribution is 6.30. The van der Waals surface area contributed by atoms with Gasteiger partial charge in [-0.15, -0.1) is 0 Å². The Bertz CT molecular complexity index is 419. The first-order chi connectivity index (χ1) is 8.16. The summed E-state index contributed by atoms with van der Waals surface area (Å²) >= 11 is 5.70. The van der Waals surface area contributed by atoms with E-state index in [2.05, 4.69) is 5.48 Å². The second kappa shape index (κ2) is 5.47. The molecule has 5 heteroatoms. The normalized spacial score (nSPS) is 16.1. The molecule has 0 saturated heterocycles. The average Bonchev–Trinajstić information content (AvgIpc) is 2.82. The number of hydroxylamine groups is 1. The van der Waals surface area contributed by atoms with Gasteiger partial charge in [0.1, 0.15) is 5.82 Å². The minimum absolute atomic E-state index is 0.0428. The molecule has 1 fully saturated rings. The Morgan fingerprint density at radius 3 is 2.82 bits per heavy atom. The first-order valence-electron chi connectivity index (χ1n) is 5.58. The van der Waals surface area contributed by atoms with Crippen molar-refractivity contribution in [1.82, 2.24) is 5.48 Å². The van der Waals surface area contributed by atoms with E-state index in [1.54, 1.807) is 0 Å². The summed E-state index contributed by atoms with van der Waals surface area (Å²) in [6, 6.07) is 3.84. The summed E-state index contributed by atoms with van der Waals surface area (Å²) in [4.78, 5) is 16.8. The molecule has 3 nitrogen and oxygen atoms in total. The highest BCUT2D eigenvalue weighted by Crippen LogP contribution is 2.20.